The van der Waals surface area contributed by atoms with Crippen LogP contribution >= 0.6 is 0 Å². The average molecular weight is 580 g/mol. The molecular weight excluding hydrogens is 553 g/mol. The predicted molar refractivity (Wildman–Crippen MR) is 184 cm³/mol. The molecule has 212 valence electrons. The lowest BCUT2D eigenvalue weighted by atomic mass is 9.96. The van der Waals surface area contributed by atoms with Gasteiger partial charge in [-0.25, -0.2) is 4.39 Å². The summed E-state index contributed by atoms with van der Waals surface area (Å²) in [7, 11) is 0. The number of rotatable bonds is 4. The fourth-order valence-electron chi connectivity index (χ4n) is 6.69. The van der Waals surface area contributed by atoms with Crippen LogP contribution in [-0.4, -0.2) is 4.57 Å². The fraction of sp³-hybridized carbons (Fsp3) is 0. The summed E-state index contributed by atoms with van der Waals surface area (Å²) in [5.41, 5.74) is 11.8. The summed E-state index contributed by atoms with van der Waals surface area (Å²) in [4.78, 5) is 0. The first-order valence-corrected chi connectivity index (χ1v) is 15.1. The summed E-state index contributed by atoms with van der Waals surface area (Å²) in [5, 5.41) is 4.05. The number of aromatic nitrogens is 1. The molecule has 0 fully saturated rings. The quantitative estimate of drug-likeness (QED) is 0.203. The number of furan rings is 1. The van der Waals surface area contributed by atoms with Crippen molar-refractivity contribution in [2.24, 2.45) is 0 Å². The fourth-order valence-corrected chi connectivity index (χ4v) is 6.69. The third-order valence-electron chi connectivity index (χ3n) is 8.84. The molecule has 0 atom stereocenters. The van der Waals surface area contributed by atoms with Gasteiger partial charge in [-0.1, -0.05) is 91.0 Å². The molecule has 0 aliphatic carbocycles. The van der Waals surface area contributed by atoms with Crippen molar-refractivity contribution in [3.05, 3.63) is 164 Å². The van der Waals surface area contributed by atoms with E-state index in [1.807, 2.05) is 12.1 Å². The van der Waals surface area contributed by atoms with Crippen molar-refractivity contribution in [3.63, 3.8) is 0 Å². The highest BCUT2D eigenvalue weighted by molar-refractivity contribution is 6.11. The normalized spacial score (nSPS) is 11.7. The molecule has 0 aliphatic rings. The second-order valence-corrected chi connectivity index (χ2v) is 11.5. The minimum absolute atomic E-state index is 0.270. The predicted octanol–water partition coefficient (Wildman–Crippen LogP) is 11.8. The molecule has 9 rings (SSSR count). The maximum Gasteiger partial charge on any atom is 0.135 e. The van der Waals surface area contributed by atoms with Crippen LogP contribution in [0.25, 0.3) is 82.8 Å². The van der Waals surface area contributed by atoms with Crippen molar-refractivity contribution >= 4 is 43.7 Å². The van der Waals surface area contributed by atoms with E-state index in [0.29, 0.717) is 5.58 Å². The Bertz CT molecular complexity index is 2560. The maximum absolute atomic E-state index is 14.2. The van der Waals surface area contributed by atoms with Gasteiger partial charge >= 0.3 is 0 Å². The van der Waals surface area contributed by atoms with Gasteiger partial charge in [-0.05, 0) is 100 Å². The van der Waals surface area contributed by atoms with Crippen LogP contribution in [-0.2, 0) is 0 Å². The number of hydrogen-bond acceptors (Lipinski definition) is 1. The summed E-state index contributed by atoms with van der Waals surface area (Å²) in [6.07, 6.45) is 0. The monoisotopic (exact) mass is 579 g/mol. The molecule has 7 aromatic carbocycles. The van der Waals surface area contributed by atoms with Gasteiger partial charge in [0.15, 0.2) is 0 Å². The van der Waals surface area contributed by atoms with E-state index < -0.39 is 0 Å². The van der Waals surface area contributed by atoms with Crippen LogP contribution in [0.4, 0.5) is 4.39 Å². The zero-order valence-electron chi connectivity index (χ0n) is 24.2. The molecule has 0 radical (unpaired) electrons. The van der Waals surface area contributed by atoms with Crippen molar-refractivity contribution in [2.75, 3.05) is 0 Å². The van der Waals surface area contributed by atoms with Gasteiger partial charge in [0.2, 0.25) is 0 Å². The van der Waals surface area contributed by atoms with Crippen molar-refractivity contribution in [1.82, 2.24) is 4.57 Å². The van der Waals surface area contributed by atoms with Gasteiger partial charge in [0, 0.05) is 27.2 Å². The number of para-hydroxylation sites is 1. The number of halogens is 1. The molecule has 0 bridgehead atoms. The van der Waals surface area contributed by atoms with Gasteiger partial charge in [0.1, 0.15) is 17.0 Å². The molecule has 0 spiro atoms. The van der Waals surface area contributed by atoms with Gasteiger partial charge in [-0.3, -0.25) is 0 Å². The molecule has 9 aromatic rings. The SMILES string of the molecule is Fc1ccc2oc3ccc(-n4c5ccccc5c5cc(-c6cccc(-c7cccc(-c8ccccc8)c7)c6)ccc54)cc3c2c1. The molecular formula is C42H26FNO. The van der Waals surface area contributed by atoms with E-state index in [1.54, 1.807) is 12.1 Å². The number of fused-ring (bicyclic) bond motifs is 6. The van der Waals surface area contributed by atoms with E-state index in [2.05, 4.69) is 132 Å². The summed E-state index contributed by atoms with van der Waals surface area (Å²) < 4.78 is 22.5. The van der Waals surface area contributed by atoms with Crippen molar-refractivity contribution in [1.29, 1.82) is 0 Å². The Hall–Kier alpha value is -5.93. The van der Waals surface area contributed by atoms with Crippen LogP contribution in [0, 0.1) is 5.82 Å². The third kappa shape index (κ3) is 4.24. The lowest BCUT2D eigenvalue weighted by Crippen LogP contribution is -1.93. The highest BCUT2D eigenvalue weighted by Gasteiger charge is 2.16. The first kappa shape index (κ1) is 25.6. The Morgan fingerprint density at radius 2 is 0.956 bits per heavy atom. The molecule has 0 saturated heterocycles. The van der Waals surface area contributed by atoms with Gasteiger partial charge in [-0.2, -0.15) is 0 Å². The van der Waals surface area contributed by atoms with Gasteiger partial charge < -0.3 is 8.98 Å². The van der Waals surface area contributed by atoms with E-state index in [9.17, 15) is 4.39 Å². The minimum atomic E-state index is -0.270. The Labute approximate surface area is 259 Å². The molecule has 0 saturated carbocycles. The summed E-state index contributed by atoms with van der Waals surface area (Å²) >= 11 is 0. The van der Waals surface area contributed by atoms with Crippen LogP contribution in [0.1, 0.15) is 0 Å². The molecule has 0 aliphatic heterocycles. The van der Waals surface area contributed by atoms with Crippen LogP contribution in [0.3, 0.4) is 0 Å². The summed E-state index contributed by atoms with van der Waals surface area (Å²) in [6.45, 7) is 0. The smallest absolute Gasteiger partial charge is 0.135 e. The molecule has 3 heteroatoms. The van der Waals surface area contributed by atoms with Gasteiger partial charge in [0.25, 0.3) is 0 Å². The van der Waals surface area contributed by atoms with Crippen LogP contribution in [0.2, 0.25) is 0 Å². The number of hydrogen-bond donors (Lipinski definition) is 0. The second-order valence-electron chi connectivity index (χ2n) is 11.5. The Morgan fingerprint density at radius 1 is 0.378 bits per heavy atom. The largest absolute Gasteiger partial charge is 0.456 e. The molecule has 0 N–H and O–H groups in total. The summed E-state index contributed by atoms with van der Waals surface area (Å²) in [6, 6.07) is 54.1. The highest BCUT2D eigenvalue weighted by Crippen LogP contribution is 2.38. The minimum Gasteiger partial charge on any atom is -0.456 e. The van der Waals surface area contributed by atoms with Crippen molar-refractivity contribution in [2.45, 2.75) is 0 Å². The molecule has 2 heterocycles. The van der Waals surface area contributed by atoms with Crippen LogP contribution < -0.4 is 0 Å². The molecule has 0 amide bonds. The average Bonchev–Trinajstić information content (AvgIpc) is 3.63. The highest BCUT2D eigenvalue weighted by atomic mass is 19.1. The van der Waals surface area contributed by atoms with Crippen LogP contribution in [0.15, 0.2) is 162 Å². The molecule has 2 nitrogen and oxygen atoms in total. The van der Waals surface area contributed by atoms with E-state index in [4.69, 9.17) is 4.42 Å². The first-order valence-electron chi connectivity index (χ1n) is 15.1. The van der Waals surface area contributed by atoms with Gasteiger partial charge in [0.05, 0.1) is 11.0 Å². The van der Waals surface area contributed by atoms with Gasteiger partial charge in [-0.15, -0.1) is 0 Å². The van der Waals surface area contributed by atoms with E-state index in [0.717, 1.165) is 33.1 Å². The maximum atomic E-state index is 14.2. The molecule has 45 heavy (non-hydrogen) atoms. The lowest BCUT2D eigenvalue weighted by molar-refractivity contribution is 0.626. The van der Waals surface area contributed by atoms with Crippen molar-refractivity contribution in [3.8, 4) is 39.1 Å². The number of nitrogens with zero attached hydrogens (tertiary/aromatic N) is 1. The standard InChI is InChI=1S/C42H26FNO/c43-33-17-20-41-37(25-33)38-26-34(18-21-42(38)45-41)44-39-15-5-4-14-35(39)36-24-32(16-19-40(36)44)31-13-7-12-30(23-31)29-11-6-10-28(22-29)27-8-2-1-3-9-27/h1-26H. The summed E-state index contributed by atoms with van der Waals surface area (Å²) in [5.74, 6) is -0.270. The lowest BCUT2D eigenvalue weighted by Gasteiger charge is -2.10. The van der Waals surface area contributed by atoms with Crippen LogP contribution in [0.5, 0.6) is 0 Å². The van der Waals surface area contributed by atoms with E-state index >= 15 is 0 Å². The second kappa shape index (κ2) is 10.1. The Balaban J connectivity index is 1.17. The Kier molecular flexibility index (Phi) is 5.72. The third-order valence-corrected chi connectivity index (χ3v) is 8.84. The Morgan fingerprint density at radius 3 is 1.71 bits per heavy atom. The molecule has 0 unspecified atom stereocenters. The molecule has 2 aromatic heterocycles. The number of benzene rings is 7. The van der Waals surface area contributed by atoms with E-state index in [-0.39, 0.29) is 5.82 Å². The topological polar surface area (TPSA) is 18.1 Å². The van der Waals surface area contributed by atoms with E-state index in [1.165, 1.54) is 50.2 Å². The zero-order chi connectivity index (χ0) is 29.9. The van der Waals surface area contributed by atoms with Crippen molar-refractivity contribution < 1.29 is 8.81 Å². The first-order chi connectivity index (χ1) is 22.2. The zero-order valence-corrected chi connectivity index (χ0v) is 24.2.